The predicted molar refractivity (Wildman–Crippen MR) is 90.7 cm³/mol. The molecule has 27 heavy (non-hydrogen) atoms. The van der Waals surface area contributed by atoms with E-state index in [2.05, 4.69) is 9.97 Å². The van der Waals surface area contributed by atoms with Gasteiger partial charge in [0.05, 0.1) is 5.69 Å². The van der Waals surface area contributed by atoms with Gasteiger partial charge in [-0.15, -0.1) is 0 Å². The number of halogens is 4. The molecule has 1 amide bonds. The molecule has 1 N–H and O–H groups in total. The highest BCUT2D eigenvalue weighted by Crippen LogP contribution is 2.30. The first-order chi connectivity index (χ1) is 12.5. The minimum atomic E-state index is -4.63. The fourth-order valence-corrected chi connectivity index (χ4v) is 2.49. The van der Waals surface area contributed by atoms with Gasteiger partial charge < -0.3 is 5.32 Å². The van der Waals surface area contributed by atoms with Crippen molar-refractivity contribution in [1.82, 2.24) is 19.7 Å². The van der Waals surface area contributed by atoms with E-state index in [0.29, 0.717) is 17.0 Å². The Kier molecular flexibility index (Phi) is 4.41. The zero-order valence-corrected chi connectivity index (χ0v) is 14.7. The fourth-order valence-electron chi connectivity index (χ4n) is 2.49. The minimum absolute atomic E-state index is 0.0877. The number of alkyl halides is 3. The van der Waals surface area contributed by atoms with Crippen molar-refractivity contribution in [3.8, 4) is 11.3 Å². The smallest absolute Gasteiger partial charge is 0.337 e. The van der Waals surface area contributed by atoms with Crippen LogP contribution in [0.3, 0.4) is 0 Å². The molecule has 5 nitrogen and oxygen atoms in total. The molecule has 0 unspecified atom stereocenters. The van der Waals surface area contributed by atoms with Crippen molar-refractivity contribution in [2.45, 2.75) is 32.5 Å². The zero-order chi connectivity index (χ0) is 20.0. The summed E-state index contributed by atoms with van der Waals surface area (Å²) >= 11 is 0. The van der Waals surface area contributed by atoms with Gasteiger partial charge in [0.1, 0.15) is 17.7 Å². The average molecular weight is 380 g/mol. The van der Waals surface area contributed by atoms with E-state index in [1.165, 1.54) is 28.9 Å². The number of nitrogens with zero attached hydrogens (tertiary/aromatic N) is 3. The Balaban J connectivity index is 2.06. The molecule has 0 saturated carbocycles. The van der Waals surface area contributed by atoms with E-state index >= 15 is 0 Å². The quantitative estimate of drug-likeness (QED) is 0.701. The molecule has 0 spiro atoms. The monoisotopic (exact) mass is 380 g/mol. The van der Waals surface area contributed by atoms with E-state index in [4.69, 9.17) is 0 Å². The minimum Gasteiger partial charge on any atom is -0.337 e. The molecule has 0 atom stereocenters. The molecule has 0 saturated heterocycles. The van der Waals surface area contributed by atoms with E-state index in [1.807, 2.05) is 5.32 Å². The molecule has 3 aromatic rings. The van der Waals surface area contributed by atoms with Crippen LogP contribution in [0, 0.1) is 12.7 Å². The Morgan fingerprint density at radius 1 is 1.19 bits per heavy atom. The van der Waals surface area contributed by atoms with Gasteiger partial charge in [0.25, 0.3) is 5.91 Å². The number of nitrogens with one attached hydrogen (secondary N) is 1. The summed E-state index contributed by atoms with van der Waals surface area (Å²) in [7, 11) is 0. The fraction of sp³-hybridized carbons (Fsp3) is 0.278. The maximum atomic E-state index is 13.5. The molecule has 142 valence electrons. The van der Waals surface area contributed by atoms with Gasteiger partial charge in [-0.1, -0.05) is 12.1 Å². The maximum absolute atomic E-state index is 13.5. The van der Waals surface area contributed by atoms with Gasteiger partial charge in [-0.2, -0.15) is 13.2 Å². The summed E-state index contributed by atoms with van der Waals surface area (Å²) in [5.41, 5.74) is -1.10. The zero-order valence-electron chi connectivity index (χ0n) is 14.7. The van der Waals surface area contributed by atoms with Crippen LogP contribution in [0.1, 0.15) is 30.0 Å². The summed E-state index contributed by atoms with van der Waals surface area (Å²) in [5, 5.41) is 1.94. The van der Waals surface area contributed by atoms with Crippen molar-refractivity contribution in [2.24, 2.45) is 0 Å². The van der Waals surface area contributed by atoms with Crippen LogP contribution in [-0.2, 0) is 0 Å². The lowest BCUT2D eigenvalue weighted by Gasteiger charge is -2.28. The summed E-state index contributed by atoms with van der Waals surface area (Å²) < 4.78 is 54.1. The molecule has 0 aliphatic rings. The van der Waals surface area contributed by atoms with Crippen molar-refractivity contribution in [1.29, 1.82) is 0 Å². The molecule has 9 heteroatoms. The molecule has 0 radical (unpaired) electrons. The van der Waals surface area contributed by atoms with Gasteiger partial charge in [-0.05, 0) is 39.0 Å². The number of fused-ring (bicyclic) bond motifs is 1. The standard InChI is InChI=1S/C18H16F4N4O/c1-10-7-13(11-5-4-6-12(19)8-11)24-15-14(23-9-26(10)15)16(27)25-17(2,3)18(20,21)22/h4-9H,1-3H3,(H,25,27). The summed E-state index contributed by atoms with van der Waals surface area (Å²) in [6.07, 6.45) is -3.32. The van der Waals surface area contributed by atoms with E-state index in [9.17, 15) is 22.4 Å². The third kappa shape index (κ3) is 3.49. The number of amides is 1. The largest absolute Gasteiger partial charge is 0.410 e. The third-order valence-corrected chi connectivity index (χ3v) is 4.16. The summed E-state index contributed by atoms with van der Waals surface area (Å²) in [5.74, 6) is -1.45. The molecule has 2 heterocycles. The second-order valence-electron chi connectivity index (χ2n) is 6.66. The van der Waals surface area contributed by atoms with Crippen molar-refractivity contribution in [2.75, 3.05) is 0 Å². The van der Waals surface area contributed by atoms with Crippen LogP contribution in [0.4, 0.5) is 17.6 Å². The summed E-state index contributed by atoms with van der Waals surface area (Å²) in [6, 6.07) is 7.39. The van der Waals surface area contributed by atoms with Crippen LogP contribution in [0.2, 0.25) is 0 Å². The number of aromatic nitrogens is 3. The number of carbonyl (C=O) groups excluding carboxylic acids is 1. The normalized spacial score (nSPS) is 12.4. The van der Waals surface area contributed by atoms with Crippen molar-refractivity contribution >= 4 is 11.6 Å². The molecule has 1 aromatic carbocycles. The summed E-state index contributed by atoms with van der Waals surface area (Å²) in [6.45, 7) is 3.44. The molecule has 0 bridgehead atoms. The first-order valence-corrected chi connectivity index (χ1v) is 7.99. The summed E-state index contributed by atoms with van der Waals surface area (Å²) in [4.78, 5) is 20.6. The highest BCUT2D eigenvalue weighted by Gasteiger charge is 2.48. The maximum Gasteiger partial charge on any atom is 0.410 e. The van der Waals surface area contributed by atoms with E-state index in [0.717, 1.165) is 13.8 Å². The average Bonchev–Trinajstić information content (AvgIpc) is 2.98. The first-order valence-electron chi connectivity index (χ1n) is 7.99. The molecule has 3 rings (SSSR count). The van der Waals surface area contributed by atoms with Gasteiger partial charge >= 0.3 is 6.18 Å². The number of rotatable bonds is 3. The van der Waals surface area contributed by atoms with E-state index in [-0.39, 0.29) is 11.3 Å². The molecule has 0 fully saturated rings. The number of hydrogen-bond donors (Lipinski definition) is 1. The SMILES string of the molecule is Cc1cc(-c2cccc(F)c2)nc2c(C(=O)NC(C)(C)C(F)(F)F)ncn12. The lowest BCUT2D eigenvalue weighted by Crippen LogP contribution is -2.54. The second-order valence-corrected chi connectivity index (χ2v) is 6.66. The number of hydrogen-bond acceptors (Lipinski definition) is 3. The van der Waals surface area contributed by atoms with Crippen molar-refractivity contribution < 1.29 is 22.4 Å². The van der Waals surface area contributed by atoms with Gasteiger partial charge in [-0.3, -0.25) is 9.20 Å². The van der Waals surface area contributed by atoms with Crippen LogP contribution in [0.5, 0.6) is 0 Å². The molecule has 0 aliphatic carbocycles. The van der Waals surface area contributed by atoms with E-state index < -0.39 is 23.4 Å². The lowest BCUT2D eigenvalue weighted by atomic mass is 10.1. The Hall–Kier alpha value is -2.97. The Labute approximate surface area is 152 Å². The predicted octanol–water partition coefficient (Wildman–Crippen LogP) is 3.91. The van der Waals surface area contributed by atoms with Crippen LogP contribution in [0.15, 0.2) is 36.7 Å². The number of carbonyl (C=O) groups is 1. The van der Waals surface area contributed by atoms with E-state index in [1.54, 1.807) is 19.1 Å². The van der Waals surface area contributed by atoms with Crippen LogP contribution in [0.25, 0.3) is 16.9 Å². The van der Waals surface area contributed by atoms with Gasteiger partial charge in [-0.25, -0.2) is 14.4 Å². The Morgan fingerprint density at radius 3 is 2.52 bits per heavy atom. The van der Waals surface area contributed by atoms with Crippen molar-refractivity contribution in [3.63, 3.8) is 0 Å². The molecular formula is C18H16F4N4O. The topological polar surface area (TPSA) is 59.3 Å². The third-order valence-electron chi connectivity index (χ3n) is 4.16. The van der Waals surface area contributed by atoms with Gasteiger partial charge in [0.15, 0.2) is 11.3 Å². The van der Waals surface area contributed by atoms with Gasteiger partial charge in [0.2, 0.25) is 0 Å². The first kappa shape index (κ1) is 18.8. The van der Waals surface area contributed by atoms with Crippen LogP contribution < -0.4 is 5.32 Å². The molecular weight excluding hydrogens is 364 g/mol. The number of benzene rings is 1. The number of aryl methyl sites for hydroxylation is 1. The second kappa shape index (κ2) is 6.33. The number of imidazole rings is 1. The Morgan fingerprint density at radius 2 is 1.89 bits per heavy atom. The molecule has 2 aromatic heterocycles. The van der Waals surface area contributed by atoms with Crippen molar-refractivity contribution in [3.05, 3.63) is 53.9 Å². The Bertz CT molecular complexity index is 1020. The van der Waals surface area contributed by atoms with Crippen LogP contribution in [-0.4, -0.2) is 32.0 Å². The highest BCUT2D eigenvalue weighted by atomic mass is 19.4. The lowest BCUT2D eigenvalue weighted by molar-refractivity contribution is -0.182. The molecule has 0 aliphatic heterocycles. The van der Waals surface area contributed by atoms with Gasteiger partial charge in [0, 0.05) is 11.3 Å². The highest BCUT2D eigenvalue weighted by molar-refractivity contribution is 5.98. The van der Waals surface area contributed by atoms with Crippen LogP contribution >= 0.6 is 0 Å².